The molecule has 3 nitrogen and oxygen atoms in total. The van der Waals surface area contributed by atoms with Crippen LogP contribution in [0.15, 0.2) is 18.5 Å². The molecule has 1 aliphatic heterocycles. The monoisotopic (exact) mass is 222 g/mol. The maximum absolute atomic E-state index is 5.58. The highest BCUT2D eigenvalue weighted by atomic mass is 16.5. The normalized spacial score (nSPS) is 20.4. The maximum Gasteiger partial charge on any atom is 0.0588 e. The third-order valence-corrected chi connectivity index (χ3v) is 3.17. The fourth-order valence-corrected chi connectivity index (χ4v) is 2.16. The van der Waals surface area contributed by atoms with E-state index in [1.54, 1.807) is 0 Å². The first-order valence-electron chi connectivity index (χ1n) is 6.35. The predicted octanol–water partition coefficient (Wildman–Crippen LogP) is 2.17. The summed E-state index contributed by atoms with van der Waals surface area (Å²) in [6.07, 6.45) is 8.48. The fraction of sp³-hybridized carbons (Fsp3) is 0.692. The van der Waals surface area contributed by atoms with Gasteiger partial charge in [0.15, 0.2) is 0 Å². The highest BCUT2D eigenvalue weighted by Crippen LogP contribution is 2.14. The standard InChI is InChI=1S/C13H22N2O/c1-2-15-8-6-12(11-15)10-14-7-5-13-4-3-9-16-13/h6,8,11,13-14H,2-5,7,9-10H2,1H3. The summed E-state index contributed by atoms with van der Waals surface area (Å²) in [5.41, 5.74) is 1.37. The second-order valence-electron chi connectivity index (χ2n) is 4.45. The van der Waals surface area contributed by atoms with E-state index in [9.17, 15) is 0 Å². The molecule has 1 fully saturated rings. The van der Waals surface area contributed by atoms with Gasteiger partial charge in [-0.3, -0.25) is 0 Å². The fourth-order valence-electron chi connectivity index (χ4n) is 2.16. The summed E-state index contributed by atoms with van der Waals surface area (Å²) in [5.74, 6) is 0. The average molecular weight is 222 g/mol. The van der Waals surface area contributed by atoms with Crippen LogP contribution in [0.1, 0.15) is 31.7 Å². The predicted molar refractivity (Wildman–Crippen MR) is 65.4 cm³/mol. The lowest BCUT2D eigenvalue weighted by Gasteiger charge is -2.09. The van der Waals surface area contributed by atoms with Crippen LogP contribution in [0, 0.1) is 0 Å². The highest BCUT2D eigenvalue weighted by Gasteiger charge is 2.14. The van der Waals surface area contributed by atoms with E-state index in [4.69, 9.17) is 4.74 Å². The Kier molecular flexibility index (Phi) is 4.43. The maximum atomic E-state index is 5.58. The van der Waals surface area contributed by atoms with Crippen molar-refractivity contribution in [3.63, 3.8) is 0 Å². The lowest BCUT2D eigenvalue weighted by molar-refractivity contribution is 0.104. The topological polar surface area (TPSA) is 26.2 Å². The molecule has 16 heavy (non-hydrogen) atoms. The van der Waals surface area contributed by atoms with E-state index in [0.717, 1.165) is 32.7 Å². The van der Waals surface area contributed by atoms with Crippen molar-refractivity contribution in [3.05, 3.63) is 24.0 Å². The Bertz CT molecular complexity index is 303. The number of aromatic nitrogens is 1. The molecular formula is C13H22N2O. The molecular weight excluding hydrogens is 200 g/mol. The zero-order chi connectivity index (χ0) is 11.2. The Balaban J connectivity index is 1.60. The minimum absolute atomic E-state index is 0.507. The first-order valence-corrected chi connectivity index (χ1v) is 6.35. The molecule has 1 aromatic rings. The largest absolute Gasteiger partial charge is 0.378 e. The number of hydrogen-bond donors (Lipinski definition) is 1. The molecule has 0 saturated carbocycles. The second kappa shape index (κ2) is 6.06. The smallest absolute Gasteiger partial charge is 0.0588 e. The van der Waals surface area contributed by atoms with Crippen molar-refractivity contribution in [3.8, 4) is 0 Å². The molecule has 0 spiro atoms. The molecule has 2 heterocycles. The van der Waals surface area contributed by atoms with E-state index >= 15 is 0 Å². The van der Waals surface area contributed by atoms with E-state index in [0.29, 0.717) is 6.10 Å². The lowest BCUT2D eigenvalue weighted by atomic mass is 10.2. The minimum atomic E-state index is 0.507. The van der Waals surface area contributed by atoms with Crippen molar-refractivity contribution < 1.29 is 4.74 Å². The van der Waals surface area contributed by atoms with Crippen molar-refractivity contribution >= 4 is 0 Å². The molecule has 1 aromatic heterocycles. The van der Waals surface area contributed by atoms with Gasteiger partial charge in [0.2, 0.25) is 0 Å². The molecule has 0 amide bonds. The Hall–Kier alpha value is -0.800. The van der Waals surface area contributed by atoms with Gasteiger partial charge < -0.3 is 14.6 Å². The third kappa shape index (κ3) is 3.35. The van der Waals surface area contributed by atoms with Crippen molar-refractivity contribution in [1.29, 1.82) is 0 Å². The van der Waals surface area contributed by atoms with Crippen LogP contribution in [-0.4, -0.2) is 23.8 Å². The van der Waals surface area contributed by atoms with Gasteiger partial charge in [-0.1, -0.05) is 0 Å². The van der Waals surface area contributed by atoms with Gasteiger partial charge in [-0.05, 0) is 44.4 Å². The first-order chi connectivity index (χ1) is 7.88. The number of aryl methyl sites for hydroxylation is 1. The van der Waals surface area contributed by atoms with Crippen molar-refractivity contribution in [2.75, 3.05) is 13.2 Å². The zero-order valence-corrected chi connectivity index (χ0v) is 10.1. The van der Waals surface area contributed by atoms with Crippen molar-refractivity contribution in [2.24, 2.45) is 0 Å². The average Bonchev–Trinajstić information content (AvgIpc) is 2.95. The van der Waals surface area contributed by atoms with Crippen LogP contribution in [-0.2, 0) is 17.8 Å². The molecule has 0 bridgehead atoms. The summed E-state index contributed by atoms with van der Waals surface area (Å²) in [4.78, 5) is 0. The van der Waals surface area contributed by atoms with Crippen LogP contribution < -0.4 is 5.32 Å². The van der Waals surface area contributed by atoms with E-state index in [1.165, 1.54) is 18.4 Å². The van der Waals surface area contributed by atoms with Gasteiger partial charge in [0.1, 0.15) is 0 Å². The van der Waals surface area contributed by atoms with Crippen LogP contribution in [0.3, 0.4) is 0 Å². The quantitative estimate of drug-likeness (QED) is 0.747. The van der Waals surface area contributed by atoms with E-state index < -0.39 is 0 Å². The van der Waals surface area contributed by atoms with Crippen molar-refractivity contribution in [2.45, 2.75) is 45.4 Å². The lowest BCUT2D eigenvalue weighted by Crippen LogP contribution is -2.19. The zero-order valence-electron chi connectivity index (χ0n) is 10.1. The Labute approximate surface area is 97.8 Å². The number of hydrogen-bond acceptors (Lipinski definition) is 2. The summed E-state index contributed by atoms with van der Waals surface area (Å²) in [6.45, 7) is 6.20. The molecule has 0 aromatic carbocycles. The number of nitrogens with one attached hydrogen (secondary N) is 1. The molecule has 2 rings (SSSR count). The van der Waals surface area contributed by atoms with Crippen LogP contribution in [0.4, 0.5) is 0 Å². The summed E-state index contributed by atoms with van der Waals surface area (Å²) in [6, 6.07) is 2.18. The molecule has 0 aliphatic carbocycles. The van der Waals surface area contributed by atoms with E-state index in [1.807, 2.05) is 0 Å². The number of ether oxygens (including phenoxy) is 1. The molecule has 1 aliphatic rings. The third-order valence-electron chi connectivity index (χ3n) is 3.17. The minimum Gasteiger partial charge on any atom is -0.378 e. The molecule has 3 heteroatoms. The second-order valence-corrected chi connectivity index (χ2v) is 4.45. The van der Waals surface area contributed by atoms with Crippen LogP contribution in [0.2, 0.25) is 0 Å². The van der Waals surface area contributed by atoms with Gasteiger partial charge in [-0.25, -0.2) is 0 Å². The molecule has 1 saturated heterocycles. The summed E-state index contributed by atoms with van der Waals surface area (Å²) in [7, 11) is 0. The van der Waals surface area contributed by atoms with Gasteiger partial charge in [0.05, 0.1) is 6.10 Å². The molecule has 1 atom stereocenters. The van der Waals surface area contributed by atoms with Gasteiger partial charge >= 0.3 is 0 Å². The molecule has 1 unspecified atom stereocenters. The van der Waals surface area contributed by atoms with Crippen LogP contribution in [0.25, 0.3) is 0 Å². The summed E-state index contributed by atoms with van der Waals surface area (Å²) < 4.78 is 7.79. The van der Waals surface area contributed by atoms with Gasteiger partial charge in [-0.15, -0.1) is 0 Å². The van der Waals surface area contributed by atoms with E-state index in [-0.39, 0.29) is 0 Å². The molecule has 0 radical (unpaired) electrons. The van der Waals surface area contributed by atoms with Crippen molar-refractivity contribution in [1.82, 2.24) is 9.88 Å². The van der Waals surface area contributed by atoms with Crippen LogP contribution in [0.5, 0.6) is 0 Å². The summed E-state index contributed by atoms with van der Waals surface area (Å²) >= 11 is 0. The molecule has 90 valence electrons. The first kappa shape index (κ1) is 11.7. The van der Waals surface area contributed by atoms with E-state index in [2.05, 4.69) is 35.3 Å². The highest BCUT2D eigenvalue weighted by molar-refractivity contribution is 5.09. The number of rotatable bonds is 6. The Morgan fingerprint density at radius 1 is 1.56 bits per heavy atom. The van der Waals surface area contributed by atoms with Gasteiger partial charge in [0.25, 0.3) is 0 Å². The van der Waals surface area contributed by atoms with Gasteiger partial charge in [-0.2, -0.15) is 0 Å². The van der Waals surface area contributed by atoms with Crippen LogP contribution >= 0.6 is 0 Å². The Morgan fingerprint density at radius 3 is 3.19 bits per heavy atom. The SMILES string of the molecule is CCn1ccc(CNCCC2CCCO2)c1. The van der Waals surface area contributed by atoms with Gasteiger partial charge in [0, 0.05) is 32.1 Å². The summed E-state index contributed by atoms with van der Waals surface area (Å²) in [5, 5.41) is 3.47. The molecule has 1 N–H and O–H groups in total. The Morgan fingerprint density at radius 2 is 2.50 bits per heavy atom. The number of nitrogens with zero attached hydrogens (tertiary/aromatic N) is 1.